The zero-order valence-electron chi connectivity index (χ0n) is 7.56. The molecule has 0 fully saturated rings. The van der Waals surface area contributed by atoms with Gasteiger partial charge in [0, 0.05) is 12.0 Å². The van der Waals surface area contributed by atoms with Crippen molar-refractivity contribution in [3.8, 4) is 0 Å². The third kappa shape index (κ3) is 3.14. The van der Waals surface area contributed by atoms with Crippen LogP contribution in [0.2, 0.25) is 0 Å². The van der Waals surface area contributed by atoms with Crippen LogP contribution in [0.4, 0.5) is 0 Å². The maximum absolute atomic E-state index is 10.3. The molecule has 0 radical (unpaired) electrons. The normalized spacial score (nSPS) is 9.71. The highest BCUT2D eigenvalue weighted by atomic mass is 32.1. The molecule has 4 heteroatoms. The lowest BCUT2D eigenvalue weighted by molar-refractivity contribution is -0.136. The number of carboxylic acid groups (broad SMARTS) is 1. The average molecular weight is 209 g/mol. The van der Waals surface area contributed by atoms with Crippen LogP contribution >= 0.6 is 12.2 Å². The average Bonchev–Trinajstić information content (AvgIpc) is 2.15. The molecule has 14 heavy (non-hydrogen) atoms. The van der Waals surface area contributed by atoms with Gasteiger partial charge in [0.2, 0.25) is 0 Å². The van der Waals surface area contributed by atoms with Gasteiger partial charge in [-0.05, 0) is 12.0 Å². The van der Waals surface area contributed by atoms with Gasteiger partial charge in [-0.15, -0.1) is 0 Å². The Morgan fingerprint density at radius 3 is 2.36 bits per heavy atom. The second-order valence-electron chi connectivity index (χ2n) is 2.95. The number of aliphatic carboxylic acids is 1. The summed E-state index contributed by atoms with van der Waals surface area (Å²) in [6.07, 6.45) is 0.680. The number of rotatable bonds is 4. The van der Waals surface area contributed by atoms with Crippen molar-refractivity contribution >= 4 is 23.2 Å². The highest BCUT2D eigenvalue weighted by molar-refractivity contribution is 7.80. The van der Waals surface area contributed by atoms with Gasteiger partial charge in [-0.1, -0.05) is 36.5 Å². The van der Waals surface area contributed by atoms with Crippen LogP contribution in [0.5, 0.6) is 0 Å². The van der Waals surface area contributed by atoms with Crippen LogP contribution in [-0.4, -0.2) is 16.1 Å². The monoisotopic (exact) mass is 209 g/mol. The molecule has 0 unspecified atom stereocenters. The first-order valence-electron chi connectivity index (χ1n) is 4.20. The number of carboxylic acids is 1. The minimum atomic E-state index is -0.788. The summed E-state index contributed by atoms with van der Waals surface area (Å²) in [4.78, 5) is 10.7. The molecule has 1 aromatic carbocycles. The fraction of sp³-hybridized carbons (Fsp3) is 0.200. The van der Waals surface area contributed by atoms with E-state index in [2.05, 4.69) is 0 Å². The third-order valence-electron chi connectivity index (χ3n) is 1.87. The summed E-state index contributed by atoms with van der Waals surface area (Å²) in [5, 5.41) is 8.48. The van der Waals surface area contributed by atoms with Gasteiger partial charge in [0.25, 0.3) is 0 Å². The number of hydrogen-bond donors (Lipinski definition) is 2. The van der Waals surface area contributed by atoms with Crippen LogP contribution < -0.4 is 5.73 Å². The molecular weight excluding hydrogens is 198 g/mol. The minimum absolute atomic E-state index is 0.145. The fourth-order valence-electron chi connectivity index (χ4n) is 1.09. The van der Waals surface area contributed by atoms with Gasteiger partial charge in [0.05, 0.1) is 0 Å². The molecule has 0 spiro atoms. The zero-order valence-corrected chi connectivity index (χ0v) is 8.38. The Hall–Kier alpha value is -1.42. The number of carbonyl (C=O) groups is 1. The second kappa shape index (κ2) is 4.72. The number of nitrogens with two attached hydrogens (primary N) is 1. The molecule has 0 heterocycles. The van der Waals surface area contributed by atoms with Crippen LogP contribution in [0.15, 0.2) is 24.3 Å². The quantitative estimate of drug-likeness (QED) is 0.734. The minimum Gasteiger partial charge on any atom is -0.481 e. The van der Waals surface area contributed by atoms with Crippen molar-refractivity contribution in [1.29, 1.82) is 0 Å². The van der Waals surface area contributed by atoms with Crippen molar-refractivity contribution in [2.45, 2.75) is 12.8 Å². The van der Waals surface area contributed by atoms with Crippen molar-refractivity contribution in [3.05, 3.63) is 35.4 Å². The van der Waals surface area contributed by atoms with Crippen molar-refractivity contribution in [2.75, 3.05) is 0 Å². The molecular formula is C10H11NO2S. The molecule has 3 nitrogen and oxygen atoms in total. The SMILES string of the molecule is NC(=S)c1ccc(CCC(=O)O)cc1. The van der Waals surface area contributed by atoms with E-state index in [0.29, 0.717) is 11.4 Å². The Balaban J connectivity index is 2.64. The molecule has 0 bridgehead atoms. The number of thiocarbonyl (C=S) groups is 1. The smallest absolute Gasteiger partial charge is 0.303 e. The summed E-state index contributed by atoms with van der Waals surface area (Å²) >= 11 is 4.80. The Bertz CT molecular complexity index is 346. The Morgan fingerprint density at radius 2 is 1.93 bits per heavy atom. The van der Waals surface area contributed by atoms with E-state index in [4.69, 9.17) is 23.1 Å². The van der Waals surface area contributed by atoms with Gasteiger partial charge >= 0.3 is 5.97 Å². The molecule has 0 aliphatic carbocycles. The summed E-state index contributed by atoms with van der Waals surface area (Å²) in [5.41, 5.74) is 7.21. The van der Waals surface area contributed by atoms with Crippen LogP contribution in [0, 0.1) is 0 Å². The van der Waals surface area contributed by atoms with Gasteiger partial charge in [-0.3, -0.25) is 4.79 Å². The number of aryl methyl sites for hydroxylation is 1. The van der Waals surface area contributed by atoms with Crippen LogP contribution in [0.25, 0.3) is 0 Å². The topological polar surface area (TPSA) is 63.3 Å². The van der Waals surface area contributed by atoms with E-state index >= 15 is 0 Å². The third-order valence-corrected chi connectivity index (χ3v) is 2.10. The molecule has 0 amide bonds. The lowest BCUT2D eigenvalue weighted by Crippen LogP contribution is -2.09. The first-order valence-corrected chi connectivity index (χ1v) is 4.61. The van der Waals surface area contributed by atoms with Gasteiger partial charge in [0.15, 0.2) is 0 Å². The first-order chi connectivity index (χ1) is 6.59. The molecule has 0 aliphatic heterocycles. The first kappa shape index (κ1) is 10.7. The summed E-state index contributed by atoms with van der Waals surface area (Å²) in [7, 11) is 0. The van der Waals surface area contributed by atoms with Gasteiger partial charge in [0.1, 0.15) is 4.99 Å². The zero-order chi connectivity index (χ0) is 10.6. The molecule has 0 saturated heterocycles. The van der Waals surface area contributed by atoms with Gasteiger partial charge in [-0.2, -0.15) is 0 Å². The lowest BCUT2D eigenvalue weighted by atomic mass is 10.1. The maximum Gasteiger partial charge on any atom is 0.303 e. The summed E-state index contributed by atoms with van der Waals surface area (Å²) in [6.45, 7) is 0. The molecule has 74 valence electrons. The van der Waals surface area contributed by atoms with E-state index < -0.39 is 5.97 Å². The maximum atomic E-state index is 10.3. The Morgan fingerprint density at radius 1 is 1.36 bits per heavy atom. The predicted octanol–water partition coefficient (Wildman–Crippen LogP) is 1.34. The Kier molecular flexibility index (Phi) is 3.59. The van der Waals surface area contributed by atoms with Gasteiger partial charge in [-0.25, -0.2) is 0 Å². The molecule has 1 aromatic rings. The molecule has 0 aliphatic rings. The van der Waals surface area contributed by atoms with E-state index in [-0.39, 0.29) is 6.42 Å². The van der Waals surface area contributed by atoms with E-state index in [1.807, 2.05) is 12.1 Å². The lowest BCUT2D eigenvalue weighted by Gasteiger charge is -2.00. The standard InChI is InChI=1S/C10H11NO2S/c11-10(14)8-4-1-7(2-5-8)3-6-9(12)13/h1-2,4-5H,3,6H2,(H2,11,14)(H,12,13). The molecule has 0 aromatic heterocycles. The largest absolute Gasteiger partial charge is 0.481 e. The van der Waals surface area contributed by atoms with Crippen molar-refractivity contribution in [2.24, 2.45) is 5.73 Å². The van der Waals surface area contributed by atoms with Crippen molar-refractivity contribution in [1.82, 2.24) is 0 Å². The van der Waals surface area contributed by atoms with Crippen LogP contribution in [0.3, 0.4) is 0 Å². The van der Waals surface area contributed by atoms with Crippen LogP contribution in [-0.2, 0) is 11.2 Å². The van der Waals surface area contributed by atoms with Crippen LogP contribution in [0.1, 0.15) is 17.5 Å². The van der Waals surface area contributed by atoms with Crippen molar-refractivity contribution in [3.63, 3.8) is 0 Å². The molecule has 0 atom stereocenters. The predicted molar refractivity (Wildman–Crippen MR) is 58.3 cm³/mol. The number of benzene rings is 1. The van der Waals surface area contributed by atoms with E-state index in [1.165, 1.54) is 0 Å². The molecule has 3 N–H and O–H groups in total. The van der Waals surface area contributed by atoms with E-state index in [0.717, 1.165) is 11.1 Å². The summed E-state index contributed by atoms with van der Waals surface area (Å²) < 4.78 is 0. The summed E-state index contributed by atoms with van der Waals surface area (Å²) in [5.74, 6) is -0.788. The summed E-state index contributed by atoms with van der Waals surface area (Å²) in [6, 6.07) is 7.30. The fourth-order valence-corrected chi connectivity index (χ4v) is 1.22. The second-order valence-corrected chi connectivity index (χ2v) is 3.39. The molecule has 1 rings (SSSR count). The van der Waals surface area contributed by atoms with Crippen molar-refractivity contribution < 1.29 is 9.90 Å². The molecule has 0 saturated carbocycles. The van der Waals surface area contributed by atoms with E-state index in [1.54, 1.807) is 12.1 Å². The van der Waals surface area contributed by atoms with E-state index in [9.17, 15) is 4.79 Å². The number of hydrogen-bond acceptors (Lipinski definition) is 2. The van der Waals surface area contributed by atoms with Gasteiger partial charge < -0.3 is 10.8 Å². The highest BCUT2D eigenvalue weighted by Gasteiger charge is 2.00. The Labute approximate surface area is 87.5 Å². The highest BCUT2D eigenvalue weighted by Crippen LogP contribution is 2.06.